The molecule has 66 valence electrons. The summed E-state index contributed by atoms with van der Waals surface area (Å²) >= 11 is 0. The van der Waals surface area contributed by atoms with Crippen molar-refractivity contribution in [1.82, 2.24) is 0 Å². The Bertz CT molecular complexity index is 253. The lowest BCUT2D eigenvalue weighted by atomic mass is 9.78. The van der Waals surface area contributed by atoms with Crippen LogP contribution in [0.15, 0.2) is 12.2 Å². The van der Waals surface area contributed by atoms with Crippen molar-refractivity contribution in [3.05, 3.63) is 12.2 Å². The molecule has 1 saturated heterocycles. The number of allylic oxidation sites excluding steroid dienone is 1. The van der Waals surface area contributed by atoms with Gasteiger partial charge in [0.1, 0.15) is 0 Å². The number of rotatable bonds is 0. The maximum absolute atomic E-state index is 11.2. The van der Waals surface area contributed by atoms with Crippen LogP contribution in [0.3, 0.4) is 0 Å². The minimum absolute atomic E-state index is 0.0216. The van der Waals surface area contributed by atoms with Gasteiger partial charge in [-0.25, -0.2) is 0 Å². The van der Waals surface area contributed by atoms with Gasteiger partial charge in [-0.2, -0.15) is 0 Å². The number of fused-ring (bicyclic) bond motifs is 1. The fourth-order valence-corrected chi connectivity index (χ4v) is 2.29. The number of carbonyl (C=O) groups is 1. The van der Waals surface area contributed by atoms with Gasteiger partial charge >= 0.3 is 5.97 Å². The summed E-state index contributed by atoms with van der Waals surface area (Å²) in [6, 6.07) is 0. The van der Waals surface area contributed by atoms with Crippen LogP contribution in [0, 0.1) is 17.3 Å². The van der Waals surface area contributed by atoms with Gasteiger partial charge in [0, 0.05) is 5.92 Å². The zero-order chi connectivity index (χ0) is 8.93. The van der Waals surface area contributed by atoms with E-state index in [0.717, 1.165) is 6.42 Å². The van der Waals surface area contributed by atoms with E-state index < -0.39 is 0 Å². The van der Waals surface area contributed by atoms with Gasteiger partial charge in [-0.3, -0.25) is 4.79 Å². The van der Waals surface area contributed by atoms with Gasteiger partial charge in [0.05, 0.1) is 12.5 Å². The van der Waals surface area contributed by atoms with Crippen molar-refractivity contribution >= 4 is 5.97 Å². The SMILES string of the molecule is C=C1CC2C(=O)OCC2C1(C)C. The molecule has 2 rings (SSSR count). The summed E-state index contributed by atoms with van der Waals surface area (Å²) in [5.74, 6) is 0.455. The van der Waals surface area contributed by atoms with Crippen LogP contribution in [0.4, 0.5) is 0 Å². The van der Waals surface area contributed by atoms with Crippen LogP contribution in [0.1, 0.15) is 20.3 Å². The lowest BCUT2D eigenvalue weighted by molar-refractivity contribution is -0.141. The Labute approximate surface area is 72.6 Å². The van der Waals surface area contributed by atoms with Crippen molar-refractivity contribution in [3.8, 4) is 0 Å². The van der Waals surface area contributed by atoms with E-state index in [-0.39, 0.29) is 17.3 Å². The topological polar surface area (TPSA) is 26.3 Å². The van der Waals surface area contributed by atoms with Gasteiger partial charge in [0.15, 0.2) is 0 Å². The van der Waals surface area contributed by atoms with Gasteiger partial charge in [0.25, 0.3) is 0 Å². The van der Waals surface area contributed by atoms with Gasteiger partial charge in [-0.15, -0.1) is 0 Å². The molecule has 2 nitrogen and oxygen atoms in total. The first-order valence-electron chi connectivity index (χ1n) is 4.38. The van der Waals surface area contributed by atoms with Crippen LogP contribution in [-0.4, -0.2) is 12.6 Å². The predicted octanol–water partition coefficient (Wildman–Crippen LogP) is 1.76. The first-order chi connectivity index (χ1) is 5.53. The molecule has 1 saturated carbocycles. The molecule has 12 heavy (non-hydrogen) atoms. The highest BCUT2D eigenvalue weighted by atomic mass is 16.5. The molecule has 2 fully saturated rings. The average molecular weight is 166 g/mol. The maximum atomic E-state index is 11.2. The van der Waals surface area contributed by atoms with Crippen molar-refractivity contribution in [3.63, 3.8) is 0 Å². The fraction of sp³-hybridized carbons (Fsp3) is 0.700. The highest BCUT2D eigenvalue weighted by Crippen LogP contribution is 2.52. The quantitative estimate of drug-likeness (QED) is 0.405. The number of cyclic esters (lactones) is 1. The fourth-order valence-electron chi connectivity index (χ4n) is 2.29. The summed E-state index contributed by atoms with van der Waals surface area (Å²) < 4.78 is 5.02. The van der Waals surface area contributed by atoms with E-state index in [1.165, 1.54) is 5.57 Å². The molecule has 0 spiro atoms. The summed E-state index contributed by atoms with van der Waals surface area (Å²) in [5, 5.41) is 0. The highest BCUT2D eigenvalue weighted by Gasteiger charge is 2.52. The third-order valence-corrected chi connectivity index (χ3v) is 3.50. The molecule has 1 aliphatic carbocycles. The molecule has 0 N–H and O–H groups in total. The first kappa shape index (κ1) is 7.84. The smallest absolute Gasteiger partial charge is 0.309 e. The first-order valence-corrected chi connectivity index (χ1v) is 4.38. The summed E-state index contributed by atoms with van der Waals surface area (Å²) in [4.78, 5) is 11.2. The normalized spacial score (nSPS) is 38.2. The summed E-state index contributed by atoms with van der Waals surface area (Å²) in [5.41, 5.74) is 1.30. The van der Waals surface area contributed by atoms with Gasteiger partial charge in [-0.05, 0) is 11.8 Å². The lowest BCUT2D eigenvalue weighted by Crippen LogP contribution is -2.22. The van der Waals surface area contributed by atoms with Crippen molar-refractivity contribution in [1.29, 1.82) is 0 Å². The van der Waals surface area contributed by atoms with Crippen LogP contribution < -0.4 is 0 Å². The molecule has 0 aromatic carbocycles. The molecule has 2 unspecified atom stereocenters. The molecular weight excluding hydrogens is 152 g/mol. The van der Waals surface area contributed by atoms with E-state index in [1.54, 1.807) is 0 Å². The van der Waals surface area contributed by atoms with Crippen LogP contribution in [0.25, 0.3) is 0 Å². The van der Waals surface area contributed by atoms with Crippen molar-refractivity contribution in [2.24, 2.45) is 17.3 Å². The standard InChI is InChI=1S/C10H14O2/c1-6-4-7-8(10(6,2)3)5-12-9(7)11/h7-8H,1,4-5H2,2-3H3. The van der Waals surface area contributed by atoms with Crippen molar-refractivity contribution < 1.29 is 9.53 Å². The molecule has 0 aromatic heterocycles. The van der Waals surface area contributed by atoms with Gasteiger partial charge in [0.2, 0.25) is 0 Å². The second-order valence-electron chi connectivity index (χ2n) is 4.37. The van der Waals surface area contributed by atoms with Crippen molar-refractivity contribution in [2.75, 3.05) is 6.61 Å². The predicted molar refractivity (Wildman–Crippen MR) is 45.5 cm³/mol. The second-order valence-corrected chi connectivity index (χ2v) is 4.37. The molecule has 2 aliphatic rings. The van der Waals surface area contributed by atoms with E-state index in [1.807, 2.05) is 0 Å². The maximum Gasteiger partial charge on any atom is 0.309 e. The number of hydrogen-bond acceptors (Lipinski definition) is 2. The molecule has 0 radical (unpaired) electrons. The van der Waals surface area contributed by atoms with Crippen molar-refractivity contribution in [2.45, 2.75) is 20.3 Å². The Balaban J connectivity index is 2.33. The molecule has 2 heteroatoms. The summed E-state index contributed by atoms with van der Waals surface area (Å²) in [6.45, 7) is 8.92. The minimum Gasteiger partial charge on any atom is -0.465 e. The Morgan fingerprint density at radius 1 is 1.58 bits per heavy atom. The molecule has 1 aliphatic heterocycles. The third-order valence-electron chi connectivity index (χ3n) is 3.50. The molecule has 2 atom stereocenters. The number of hydrogen-bond donors (Lipinski definition) is 0. The zero-order valence-corrected chi connectivity index (χ0v) is 7.59. The minimum atomic E-state index is -0.0216. The second kappa shape index (κ2) is 2.12. The van der Waals surface area contributed by atoms with E-state index in [0.29, 0.717) is 12.5 Å². The zero-order valence-electron chi connectivity index (χ0n) is 7.59. The number of carbonyl (C=O) groups excluding carboxylic acids is 1. The third kappa shape index (κ3) is 0.780. The molecule has 1 heterocycles. The molecular formula is C10H14O2. The van der Waals surface area contributed by atoms with E-state index in [4.69, 9.17) is 4.74 Å². The van der Waals surface area contributed by atoms with Crippen LogP contribution in [0.5, 0.6) is 0 Å². The Morgan fingerprint density at radius 3 is 2.83 bits per heavy atom. The van der Waals surface area contributed by atoms with E-state index in [9.17, 15) is 4.79 Å². The monoisotopic (exact) mass is 166 g/mol. The summed E-state index contributed by atoms with van der Waals surface area (Å²) in [7, 11) is 0. The highest BCUT2D eigenvalue weighted by molar-refractivity contribution is 5.76. The van der Waals surface area contributed by atoms with Crippen LogP contribution in [0.2, 0.25) is 0 Å². The molecule has 0 bridgehead atoms. The molecule has 0 amide bonds. The Kier molecular flexibility index (Phi) is 1.39. The van der Waals surface area contributed by atoms with Gasteiger partial charge < -0.3 is 4.74 Å². The number of ether oxygens (including phenoxy) is 1. The van der Waals surface area contributed by atoms with E-state index in [2.05, 4.69) is 20.4 Å². The van der Waals surface area contributed by atoms with E-state index >= 15 is 0 Å². The van der Waals surface area contributed by atoms with Gasteiger partial charge in [-0.1, -0.05) is 26.0 Å². The lowest BCUT2D eigenvalue weighted by Gasteiger charge is -2.25. The van der Waals surface area contributed by atoms with Crippen LogP contribution >= 0.6 is 0 Å². The Morgan fingerprint density at radius 2 is 2.25 bits per heavy atom. The van der Waals surface area contributed by atoms with Crippen LogP contribution in [-0.2, 0) is 9.53 Å². The largest absolute Gasteiger partial charge is 0.465 e. The molecule has 0 aromatic rings. The Hall–Kier alpha value is -0.790. The number of esters is 1. The average Bonchev–Trinajstić information content (AvgIpc) is 2.41. The summed E-state index contributed by atoms with van der Waals surface area (Å²) in [6.07, 6.45) is 0.830.